The number of hydrogen-bond acceptors (Lipinski definition) is 4. The Bertz CT molecular complexity index is 387. The van der Waals surface area contributed by atoms with E-state index in [1.54, 1.807) is 11.8 Å². The smallest absolute Gasteiger partial charge is 0.0344 e. The summed E-state index contributed by atoms with van der Waals surface area (Å²) in [5.74, 6) is 0. The number of nitrogens with zero attached hydrogens (tertiary/aromatic N) is 1. The fourth-order valence-corrected chi connectivity index (χ4v) is 3.11. The molecule has 1 aliphatic rings. The fourth-order valence-electron chi connectivity index (χ4n) is 2.70. The second kappa shape index (κ2) is 6.75. The zero-order valence-electron chi connectivity index (χ0n) is 12.0. The summed E-state index contributed by atoms with van der Waals surface area (Å²) in [6.07, 6.45) is 3.14. The summed E-state index contributed by atoms with van der Waals surface area (Å²) in [7, 11) is 0. The van der Waals surface area contributed by atoms with E-state index >= 15 is 0 Å². The summed E-state index contributed by atoms with van der Waals surface area (Å²) in [5.41, 5.74) is 7.53. The monoisotopic (exact) mass is 279 g/mol. The van der Waals surface area contributed by atoms with Crippen LogP contribution in [0.2, 0.25) is 0 Å². The van der Waals surface area contributed by atoms with E-state index < -0.39 is 0 Å². The molecular weight excluding hydrogens is 254 g/mol. The number of nitrogens with two attached hydrogens (primary N) is 1. The lowest BCUT2D eigenvalue weighted by Gasteiger charge is -2.43. The molecule has 1 aliphatic heterocycles. The van der Waals surface area contributed by atoms with E-state index in [2.05, 4.69) is 47.7 Å². The molecule has 0 aromatic heterocycles. The van der Waals surface area contributed by atoms with E-state index in [9.17, 15) is 0 Å². The van der Waals surface area contributed by atoms with Gasteiger partial charge in [-0.25, -0.2) is 0 Å². The molecule has 3 N–H and O–H groups in total. The Labute approximate surface area is 120 Å². The molecule has 1 aromatic rings. The molecule has 0 spiro atoms. The topological polar surface area (TPSA) is 41.3 Å². The third kappa shape index (κ3) is 3.72. The van der Waals surface area contributed by atoms with Gasteiger partial charge in [-0.2, -0.15) is 0 Å². The minimum atomic E-state index is 0.0724. The molecule has 0 saturated carbocycles. The normalized spacial score (nSPS) is 20.2. The van der Waals surface area contributed by atoms with Gasteiger partial charge < -0.3 is 11.1 Å². The third-order valence-electron chi connectivity index (χ3n) is 4.06. The standard InChI is InChI=1S/C15H25N3S/c1-15(12-16,18-9-7-17-8-10-18)11-13-3-5-14(19-2)6-4-13/h3-6,17H,7-12,16H2,1-2H3. The van der Waals surface area contributed by atoms with Crippen LogP contribution in [0.5, 0.6) is 0 Å². The van der Waals surface area contributed by atoms with Gasteiger partial charge in [0.25, 0.3) is 0 Å². The molecule has 1 heterocycles. The summed E-state index contributed by atoms with van der Waals surface area (Å²) in [5, 5.41) is 3.40. The van der Waals surface area contributed by atoms with Crippen LogP contribution in [0.15, 0.2) is 29.2 Å². The fraction of sp³-hybridized carbons (Fsp3) is 0.600. The Hall–Kier alpha value is -0.550. The molecule has 1 atom stereocenters. The number of thioether (sulfide) groups is 1. The summed E-state index contributed by atoms with van der Waals surface area (Å²) in [4.78, 5) is 3.85. The Morgan fingerprint density at radius 2 is 1.89 bits per heavy atom. The van der Waals surface area contributed by atoms with Crippen LogP contribution in [-0.4, -0.2) is 49.4 Å². The van der Waals surface area contributed by atoms with E-state index in [4.69, 9.17) is 5.73 Å². The Kier molecular flexibility index (Phi) is 5.28. The van der Waals surface area contributed by atoms with Gasteiger partial charge in [0.15, 0.2) is 0 Å². The number of rotatable bonds is 5. The largest absolute Gasteiger partial charge is 0.329 e. The van der Waals surface area contributed by atoms with Gasteiger partial charge in [-0.3, -0.25) is 4.90 Å². The van der Waals surface area contributed by atoms with Gasteiger partial charge in [0.2, 0.25) is 0 Å². The minimum Gasteiger partial charge on any atom is -0.329 e. The number of benzene rings is 1. The molecular formula is C15H25N3S. The Morgan fingerprint density at radius 3 is 2.42 bits per heavy atom. The van der Waals surface area contributed by atoms with Crippen molar-refractivity contribution in [1.82, 2.24) is 10.2 Å². The lowest BCUT2D eigenvalue weighted by Crippen LogP contribution is -2.59. The molecule has 2 rings (SSSR count). The summed E-state index contributed by atoms with van der Waals surface area (Å²) >= 11 is 1.79. The summed E-state index contributed by atoms with van der Waals surface area (Å²) in [6.45, 7) is 7.33. The van der Waals surface area contributed by atoms with Gasteiger partial charge in [-0.1, -0.05) is 12.1 Å². The molecule has 106 valence electrons. The summed E-state index contributed by atoms with van der Waals surface area (Å²) in [6, 6.07) is 8.88. The first-order valence-corrected chi connectivity index (χ1v) is 8.19. The molecule has 3 nitrogen and oxygen atoms in total. The van der Waals surface area contributed by atoms with Crippen molar-refractivity contribution in [3.05, 3.63) is 29.8 Å². The molecule has 4 heteroatoms. The number of nitrogens with one attached hydrogen (secondary N) is 1. The van der Waals surface area contributed by atoms with Gasteiger partial charge in [0, 0.05) is 43.2 Å². The summed E-state index contributed by atoms with van der Waals surface area (Å²) < 4.78 is 0. The van der Waals surface area contributed by atoms with Gasteiger partial charge in [0.1, 0.15) is 0 Å². The van der Waals surface area contributed by atoms with Crippen LogP contribution in [0.25, 0.3) is 0 Å². The lowest BCUT2D eigenvalue weighted by molar-refractivity contribution is 0.0946. The second-order valence-electron chi connectivity index (χ2n) is 5.46. The van der Waals surface area contributed by atoms with Crippen molar-refractivity contribution in [1.29, 1.82) is 0 Å². The van der Waals surface area contributed by atoms with Gasteiger partial charge in [-0.05, 0) is 37.3 Å². The highest BCUT2D eigenvalue weighted by Crippen LogP contribution is 2.22. The zero-order chi connectivity index (χ0) is 13.7. The number of hydrogen-bond donors (Lipinski definition) is 2. The van der Waals surface area contributed by atoms with E-state index in [1.165, 1.54) is 10.5 Å². The van der Waals surface area contributed by atoms with Gasteiger partial charge in [0.05, 0.1) is 0 Å². The van der Waals surface area contributed by atoms with E-state index in [0.717, 1.165) is 32.6 Å². The molecule has 0 amide bonds. The maximum Gasteiger partial charge on any atom is 0.0344 e. The highest BCUT2D eigenvalue weighted by Gasteiger charge is 2.31. The van der Waals surface area contributed by atoms with Crippen molar-refractivity contribution in [2.75, 3.05) is 39.0 Å². The first kappa shape index (κ1) is 14.9. The average Bonchev–Trinajstić information content (AvgIpc) is 2.49. The van der Waals surface area contributed by atoms with Crippen LogP contribution >= 0.6 is 11.8 Å². The molecule has 1 fully saturated rings. The van der Waals surface area contributed by atoms with Crippen molar-refractivity contribution in [3.63, 3.8) is 0 Å². The maximum absolute atomic E-state index is 6.08. The highest BCUT2D eigenvalue weighted by atomic mass is 32.2. The van der Waals surface area contributed by atoms with Gasteiger partial charge in [-0.15, -0.1) is 11.8 Å². The van der Waals surface area contributed by atoms with Crippen molar-refractivity contribution in [2.45, 2.75) is 23.8 Å². The Balaban J connectivity index is 2.07. The van der Waals surface area contributed by atoms with Crippen molar-refractivity contribution < 1.29 is 0 Å². The van der Waals surface area contributed by atoms with Crippen molar-refractivity contribution in [2.24, 2.45) is 5.73 Å². The third-order valence-corrected chi connectivity index (χ3v) is 4.81. The molecule has 0 aliphatic carbocycles. The molecule has 1 saturated heterocycles. The van der Waals surface area contributed by atoms with Crippen LogP contribution in [0.4, 0.5) is 0 Å². The molecule has 19 heavy (non-hydrogen) atoms. The first-order chi connectivity index (χ1) is 9.18. The predicted molar refractivity (Wildman–Crippen MR) is 83.8 cm³/mol. The predicted octanol–water partition coefficient (Wildman–Crippen LogP) is 1.57. The molecule has 0 radical (unpaired) electrons. The highest BCUT2D eigenvalue weighted by molar-refractivity contribution is 7.98. The lowest BCUT2D eigenvalue weighted by atomic mass is 9.90. The van der Waals surface area contributed by atoms with Crippen LogP contribution in [0.1, 0.15) is 12.5 Å². The van der Waals surface area contributed by atoms with E-state index in [-0.39, 0.29) is 5.54 Å². The van der Waals surface area contributed by atoms with Gasteiger partial charge >= 0.3 is 0 Å². The van der Waals surface area contributed by atoms with Crippen molar-refractivity contribution >= 4 is 11.8 Å². The second-order valence-corrected chi connectivity index (χ2v) is 6.34. The number of piperazine rings is 1. The maximum atomic E-state index is 6.08. The SMILES string of the molecule is CSc1ccc(CC(C)(CN)N2CCNCC2)cc1. The molecule has 0 bridgehead atoms. The van der Waals surface area contributed by atoms with Crippen LogP contribution in [-0.2, 0) is 6.42 Å². The quantitative estimate of drug-likeness (QED) is 0.803. The van der Waals surface area contributed by atoms with Crippen LogP contribution in [0, 0.1) is 0 Å². The molecule has 1 unspecified atom stereocenters. The Morgan fingerprint density at radius 1 is 1.26 bits per heavy atom. The molecule has 1 aromatic carbocycles. The van der Waals surface area contributed by atoms with Crippen LogP contribution in [0.3, 0.4) is 0 Å². The zero-order valence-corrected chi connectivity index (χ0v) is 12.8. The average molecular weight is 279 g/mol. The first-order valence-electron chi connectivity index (χ1n) is 6.97. The van der Waals surface area contributed by atoms with E-state index in [1.807, 2.05) is 0 Å². The van der Waals surface area contributed by atoms with Crippen molar-refractivity contribution in [3.8, 4) is 0 Å². The van der Waals surface area contributed by atoms with Crippen LogP contribution < -0.4 is 11.1 Å². The minimum absolute atomic E-state index is 0.0724. The van der Waals surface area contributed by atoms with E-state index in [0.29, 0.717) is 6.54 Å².